The Bertz CT molecular complexity index is 963. The van der Waals surface area contributed by atoms with E-state index in [-0.39, 0.29) is 5.91 Å². The average molecular weight is 338 g/mol. The maximum absolute atomic E-state index is 12.3. The average Bonchev–Trinajstić information content (AvgIpc) is 2.70. The van der Waals surface area contributed by atoms with Crippen LogP contribution < -0.4 is 5.43 Å². The summed E-state index contributed by atoms with van der Waals surface area (Å²) in [6.45, 7) is 1.98. The van der Waals surface area contributed by atoms with Crippen LogP contribution in [0.3, 0.4) is 0 Å². The summed E-state index contributed by atoms with van der Waals surface area (Å²) in [6, 6.07) is 26.6. The molecule has 0 saturated heterocycles. The van der Waals surface area contributed by atoms with E-state index in [4.69, 9.17) is 0 Å². The number of hydrazone groups is 1. The zero-order valence-electron chi connectivity index (χ0n) is 14.4. The summed E-state index contributed by atoms with van der Waals surface area (Å²) < 4.78 is 0. The van der Waals surface area contributed by atoms with Crippen LogP contribution in [0.2, 0.25) is 0 Å². The predicted octanol–water partition coefficient (Wildman–Crippen LogP) is 4.18. The molecular weight excluding hydrogens is 320 g/mol. The van der Waals surface area contributed by atoms with E-state index in [2.05, 4.69) is 22.4 Å². The monoisotopic (exact) mass is 338 g/mol. The second kappa shape index (κ2) is 8.46. The van der Waals surface area contributed by atoms with Crippen molar-refractivity contribution in [2.45, 2.75) is 6.92 Å². The lowest BCUT2D eigenvalue weighted by molar-refractivity contribution is 0.0955. The van der Waals surface area contributed by atoms with Crippen LogP contribution >= 0.6 is 0 Å². The Balaban J connectivity index is 1.86. The van der Waals surface area contributed by atoms with Crippen LogP contribution in [0, 0.1) is 18.8 Å². The summed E-state index contributed by atoms with van der Waals surface area (Å²) >= 11 is 0. The Kier molecular flexibility index (Phi) is 5.59. The number of hydrogen-bond acceptors (Lipinski definition) is 2. The molecular formula is C23H18N2O. The standard InChI is InChI=1S/C23H18N2O/c1-18-12-15-21(16-13-18)23(26)25-24-22(20-10-6-3-7-11-20)17-14-19-8-4-2-5-9-19/h2-13,15-16H,1H3,(H,25,26)/b24-22-. The van der Waals surface area contributed by atoms with E-state index in [1.807, 2.05) is 79.7 Å². The van der Waals surface area contributed by atoms with Gasteiger partial charge in [-0.05, 0) is 37.1 Å². The largest absolute Gasteiger partial charge is 0.271 e. The molecule has 0 aromatic heterocycles. The zero-order chi connectivity index (χ0) is 18.2. The minimum Gasteiger partial charge on any atom is -0.267 e. The van der Waals surface area contributed by atoms with E-state index < -0.39 is 0 Å². The van der Waals surface area contributed by atoms with Gasteiger partial charge in [-0.2, -0.15) is 5.10 Å². The highest BCUT2D eigenvalue weighted by Crippen LogP contribution is 2.04. The third-order valence-electron chi connectivity index (χ3n) is 3.73. The van der Waals surface area contributed by atoms with Crippen molar-refractivity contribution in [3.05, 3.63) is 107 Å². The van der Waals surface area contributed by atoms with Gasteiger partial charge in [-0.15, -0.1) is 0 Å². The summed E-state index contributed by atoms with van der Waals surface area (Å²) in [6.07, 6.45) is 0. The first kappa shape index (κ1) is 17.2. The molecule has 3 aromatic carbocycles. The molecule has 0 saturated carbocycles. The minimum absolute atomic E-state index is 0.264. The summed E-state index contributed by atoms with van der Waals surface area (Å²) in [4.78, 5) is 12.3. The lowest BCUT2D eigenvalue weighted by Crippen LogP contribution is -2.19. The van der Waals surface area contributed by atoms with Crippen molar-refractivity contribution < 1.29 is 4.79 Å². The molecule has 1 amide bonds. The van der Waals surface area contributed by atoms with Crippen LogP contribution in [-0.2, 0) is 0 Å². The fourth-order valence-electron chi connectivity index (χ4n) is 2.29. The van der Waals surface area contributed by atoms with Gasteiger partial charge in [0.25, 0.3) is 5.91 Å². The Morgan fingerprint density at radius 1 is 0.808 bits per heavy atom. The van der Waals surface area contributed by atoms with Crippen molar-refractivity contribution in [3.8, 4) is 11.8 Å². The molecule has 0 aliphatic rings. The maximum atomic E-state index is 12.3. The van der Waals surface area contributed by atoms with Crippen molar-refractivity contribution in [1.29, 1.82) is 0 Å². The summed E-state index contributed by atoms with van der Waals surface area (Å²) in [7, 11) is 0. The number of nitrogens with zero attached hydrogens (tertiary/aromatic N) is 1. The predicted molar refractivity (Wildman–Crippen MR) is 105 cm³/mol. The first-order chi connectivity index (χ1) is 12.7. The number of hydrogen-bond donors (Lipinski definition) is 1. The minimum atomic E-state index is -0.264. The van der Waals surface area contributed by atoms with Gasteiger partial charge < -0.3 is 0 Å². The zero-order valence-corrected chi connectivity index (χ0v) is 14.4. The van der Waals surface area contributed by atoms with Crippen molar-refractivity contribution >= 4 is 11.6 Å². The van der Waals surface area contributed by atoms with Gasteiger partial charge in [0, 0.05) is 16.7 Å². The van der Waals surface area contributed by atoms with Crippen LogP contribution in [0.15, 0.2) is 90.0 Å². The SMILES string of the molecule is Cc1ccc(C(=O)N/N=C(/C#Cc2ccccc2)c2ccccc2)cc1. The number of carbonyl (C=O) groups excluding carboxylic acids is 1. The second-order valence-electron chi connectivity index (χ2n) is 5.75. The Labute approximate surface area is 153 Å². The number of nitrogens with one attached hydrogen (secondary N) is 1. The van der Waals surface area contributed by atoms with E-state index in [1.54, 1.807) is 12.1 Å². The molecule has 0 fully saturated rings. The molecule has 3 nitrogen and oxygen atoms in total. The van der Waals surface area contributed by atoms with Crippen molar-refractivity contribution in [2.75, 3.05) is 0 Å². The second-order valence-corrected chi connectivity index (χ2v) is 5.75. The molecule has 0 spiro atoms. The summed E-state index contributed by atoms with van der Waals surface area (Å²) in [5.74, 6) is 5.87. The van der Waals surface area contributed by atoms with Gasteiger partial charge in [-0.25, -0.2) is 5.43 Å². The van der Waals surface area contributed by atoms with Gasteiger partial charge >= 0.3 is 0 Å². The van der Waals surface area contributed by atoms with Gasteiger partial charge in [0.15, 0.2) is 0 Å². The normalized spacial score (nSPS) is 10.6. The number of rotatable bonds is 3. The highest BCUT2D eigenvalue weighted by Gasteiger charge is 2.05. The summed E-state index contributed by atoms with van der Waals surface area (Å²) in [5.41, 5.74) is 6.50. The molecule has 3 rings (SSSR count). The van der Waals surface area contributed by atoms with Gasteiger partial charge in [0.1, 0.15) is 5.71 Å². The molecule has 3 heteroatoms. The number of aryl methyl sites for hydroxylation is 1. The van der Waals surface area contributed by atoms with E-state index in [1.165, 1.54) is 0 Å². The summed E-state index contributed by atoms with van der Waals surface area (Å²) in [5, 5.41) is 4.25. The molecule has 3 aromatic rings. The van der Waals surface area contributed by atoms with Crippen LogP contribution in [0.1, 0.15) is 27.0 Å². The van der Waals surface area contributed by atoms with Crippen LogP contribution in [0.4, 0.5) is 0 Å². The molecule has 0 radical (unpaired) electrons. The Morgan fingerprint density at radius 2 is 1.42 bits per heavy atom. The maximum Gasteiger partial charge on any atom is 0.271 e. The van der Waals surface area contributed by atoms with Gasteiger partial charge in [-0.1, -0.05) is 72.1 Å². The van der Waals surface area contributed by atoms with Gasteiger partial charge in [-0.3, -0.25) is 4.79 Å². The third-order valence-corrected chi connectivity index (χ3v) is 3.73. The molecule has 126 valence electrons. The fraction of sp³-hybridized carbons (Fsp3) is 0.0435. The third kappa shape index (κ3) is 4.68. The van der Waals surface area contributed by atoms with Crippen LogP contribution in [0.25, 0.3) is 0 Å². The number of amides is 1. The topological polar surface area (TPSA) is 41.5 Å². The highest BCUT2D eigenvalue weighted by atomic mass is 16.2. The van der Waals surface area contributed by atoms with E-state index in [0.29, 0.717) is 11.3 Å². The van der Waals surface area contributed by atoms with Crippen LogP contribution in [0.5, 0.6) is 0 Å². The molecule has 0 atom stereocenters. The number of benzene rings is 3. The Hall–Kier alpha value is -3.64. The Morgan fingerprint density at radius 3 is 2.08 bits per heavy atom. The van der Waals surface area contributed by atoms with E-state index in [9.17, 15) is 4.79 Å². The molecule has 0 unspecified atom stereocenters. The lowest BCUT2D eigenvalue weighted by Gasteiger charge is -2.03. The van der Waals surface area contributed by atoms with E-state index in [0.717, 1.165) is 16.7 Å². The molecule has 0 heterocycles. The molecule has 0 bridgehead atoms. The van der Waals surface area contributed by atoms with Gasteiger partial charge in [0.05, 0.1) is 0 Å². The number of carbonyl (C=O) groups is 1. The first-order valence-electron chi connectivity index (χ1n) is 8.29. The smallest absolute Gasteiger partial charge is 0.267 e. The molecule has 0 aliphatic heterocycles. The first-order valence-corrected chi connectivity index (χ1v) is 8.29. The molecule has 0 aliphatic carbocycles. The molecule has 26 heavy (non-hydrogen) atoms. The van der Waals surface area contributed by atoms with Crippen molar-refractivity contribution in [2.24, 2.45) is 5.10 Å². The van der Waals surface area contributed by atoms with Crippen molar-refractivity contribution in [1.82, 2.24) is 5.43 Å². The van der Waals surface area contributed by atoms with E-state index >= 15 is 0 Å². The van der Waals surface area contributed by atoms with Crippen LogP contribution in [-0.4, -0.2) is 11.6 Å². The molecule has 1 N–H and O–H groups in total. The van der Waals surface area contributed by atoms with Gasteiger partial charge in [0.2, 0.25) is 0 Å². The lowest BCUT2D eigenvalue weighted by atomic mass is 10.1. The quantitative estimate of drug-likeness (QED) is 0.434. The fourth-order valence-corrected chi connectivity index (χ4v) is 2.29. The highest BCUT2D eigenvalue weighted by molar-refractivity contribution is 6.13. The van der Waals surface area contributed by atoms with Crippen molar-refractivity contribution in [3.63, 3.8) is 0 Å².